The molecule has 1 fully saturated rings. The van der Waals surface area contributed by atoms with Crippen molar-refractivity contribution in [3.63, 3.8) is 0 Å². The summed E-state index contributed by atoms with van der Waals surface area (Å²) in [5, 5.41) is 0. The first-order chi connectivity index (χ1) is 14.1. The second kappa shape index (κ2) is 8.43. The van der Waals surface area contributed by atoms with Crippen molar-refractivity contribution in [3.05, 3.63) is 71.5 Å². The van der Waals surface area contributed by atoms with Gasteiger partial charge in [-0.15, -0.1) is 0 Å². The fourth-order valence-corrected chi connectivity index (χ4v) is 3.62. The number of hydrogen-bond donors (Lipinski definition) is 0. The number of methoxy groups -OCH3 is 1. The number of benzene rings is 1. The minimum Gasteiger partial charge on any atom is -0.497 e. The van der Waals surface area contributed by atoms with Gasteiger partial charge in [0.1, 0.15) is 23.2 Å². The van der Waals surface area contributed by atoms with Gasteiger partial charge in [0.2, 0.25) is 5.89 Å². The van der Waals surface area contributed by atoms with E-state index < -0.39 is 0 Å². The quantitative estimate of drug-likeness (QED) is 0.658. The van der Waals surface area contributed by atoms with Crippen molar-refractivity contribution < 1.29 is 13.9 Å². The summed E-state index contributed by atoms with van der Waals surface area (Å²) in [7, 11) is 1.65. The van der Waals surface area contributed by atoms with Gasteiger partial charge in [-0.3, -0.25) is 9.78 Å². The highest BCUT2D eigenvalue weighted by Gasteiger charge is 2.32. The summed E-state index contributed by atoms with van der Waals surface area (Å²) in [6.45, 7) is 2.51. The topological polar surface area (TPSA) is 81.4 Å². The van der Waals surface area contributed by atoms with E-state index in [1.165, 1.54) is 6.20 Å². The van der Waals surface area contributed by atoms with Crippen molar-refractivity contribution in [3.8, 4) is 5.75 Å². The number of nitrogens with zero attached hydrogens (tertiary/aromatic N) is 4. The molecule has 2 aromatic heterocycles. The molecule has 1 aromatic carbocycles. The van der Waals surface area contributed by atoms with Crippen molar-refractivity contribution >= 4 is 5.91 Å². The zero-order valence-electron chi connectivity index (χ0n) is 16.7. The fourth-order valence-electron chi connectivity index (χ4n) is 3.62. The number of oxazole rings is 1. The summed E-state index contributed by atoms with van der Waals surface area (Å²) in [6.07, 6.45) is 8.33. The van der Waals surface area contributed by atoms with E-state index >= 15 is 0 Å². The summed E-state index contributed by atoms with van der Waals surface area (Å²) in [4.78, 5) is 27.7. The first-order valence-corrected chi connectivity index (χ1v) is 9.81. The van der Waals surface area contributed by atoms with Crippen molar-refractivity contribution in [2.24, 2.45) is 0 Å². The van der Waals surface area contributed by atoms with Gasteiger partial charge >= 0.3 is 0 Å². The Labute approximate surface area is 169 Å². The third-order valence-corrected chi connectivity index (χ3v) is 5.13. The molecular formula is C22H24N4O3. The number of ether oxygens (including phenoxy) is 1. The van der Waals surface area contributed by atoms with Gasteiger partial charge in [0.15, 0.2) is 0 Å². The predicted octanol–water partition coefficient (Wildman–Crippen LogP) is 3.74. The monoisotopic (exact) mass is 392 g/mol. The molecule has 1 aliphatic heterocycles. The molecule has 7 nitrogen and oxygen atoms in total. The van der Waals surface area contributed by atoms with Crippen LogP contribution in [0.25, 0.3) is 0 Å². The second-order valence-corrected chi connectivity index (χ2v) is 7.25. The lowest BCUT2D eigenvalue weighted by molar-refractivity contribution is 0.0563. The maximum Gasteiger partial charge on any atom is 0.274 e. The number of likely N-dealkylation sites (tertiary alicyclic amines) is 1. The Morgan fingerprint density at radius 1 is 1.21 bits per heavy atom. The van der Waals surface area contributed by atoms with Crippen molar-refractivity contribution in [1.29, 1.82) is 0 Å². The molecule has 0 radical (unpaired) electrons. The number of aromatic nitrogens is 3. The van der Waals surface area contributed by atoms with E-state index in [4.69, 9.17) is 9.15 Å². The highest BCUT2D eigenvalue weighted by Crippen LogP contribution is 2.32. The SMILES string of the molecule is COc1cccc(Cc2cnc([C@@H]3CCCCN3C(=O)c3cnc(C)cn3)o2)c1. The largest absolute Gasteiger partial charge is 0.497 e. The number of piperidine rings is 1. The van der Waals surface area contributed by atoms with Crippen LogP contribution in [0.5, 0.6) is 5.75 Å². The van der Waals surface area contributed by atoms with E-state index in [2.05, 4.69) is 15.0 Å². The van der Waals surface area contributed by atoms with Crippen molar-refractivity contribution in [1.82, 2.24) is 19.9 Å². The fraction of sp³-hybridized carbons (Fsp3) is 0.364. The second-order valence-electron chi connectivity index (χ2n) is 7.25. The molecule has 1 amide bonds. The predicted molar refractivity (Wildman–Crippen MR) is 107 cm³/mol. The average molecular weight is 392 g/mol. The van der Waals surface area contributed by atoms with Crippen LogP contribution < -0.4 is 4.74 Å². The van der Waals surface area contributed by atoms with E-state index in [9.17, 15) is 4.79 Å². The van der Waals surface area contributed by atoms with E-state index in [1.54, 1.807) is 19.5 Å². The van der Waals surface area contributed by atoms with Crippen LogP contribution in [0.15, 0.2) is 47.3 Å². The van der Waals surface area contributed by atoms with Gasteiger partial charge in [0, 0.05) is 19.2 Å². The molecule has 4 rings (SSSR count). The maximum atomic E-state index is 13.0. The molecule has 1 atom stereocenters. The van der Waals surface area contributed by atoms with Crippen LogP contribution in [0, 0.1) is 6.92 Å². The summed E-state index contributed by atoms with van der Waals surface area (Å²) in [6, 6.07) is 7.69. The van der Waals surface area contributed by atoms with E-state index in [0.29, 0.717) is 24.6 Å². The molecule has 1 aliphatic rings. The summed E-state index contributed by atoms with van der Waals surface area (Å²) >= 11 is 0. The molecule has 1 saturated heterocycles. The van der Waals surface area contributed by atoms with E-state index in [1.807, 2.05) is 36.1 Å². The molecule has 0 unspecified atom stereocenters. The van der Waals surface area contributed by atoms with Crippen LogP contribution in [0.2, 0.25) is 0 Å². The van der Waals surface area contributed by atoms with Gasteiger partial charge in [0.05, 0.1) is 25.2 Å². The van der Waals surface area contributed by atoms with Crippen LogP contribution in [-0.4, -0.2) is 39.4 Å². The number of aryl methyl sites for hydroxylation is 1. The Balaban J connectivity index is 1.53. The van der Waals surface area contributed by atoms with Gasteiger partial charge in [0.25, 0.3) is 5.91 Å². The standard InChI is InChI=1S/C22H24N4O3/c1-15-12-24-19(14-23-15)22(27)26-9-4-3-8-20(26)21-25-13-18(29-21)11-16-6-5-7-17(10-16)28-2/h5-7,10,12-14,20H,3-4,8-9,11H2,1-2H3/t20-/m0/s1. The molecule has 0 N–H and O–H groups in total. The van der Waals surface area contributed by atoms with Crippen LogP contribution in [0.3, 0.4) is 0 Å². The third-order valence-electron chi connectivity index (χ3n) is 5.13. The summed E-state index contributed by atoms with van der Waals surface area (Å²) in [5.41, 5.74) is 2.22. The van der Waals surface area contributed by atoms with E-state index in [0.717, 1.165) is 42.0 Å². The van der Waals surface area contributed by atoms with Crippen molar-refractivity contribution in [2.75, 3.05) is 13.7 Å². The van der Waals surface area contributed by atoms with E-state index in [-0.39, 0.29) is 11.9 Å². The number of carbonyl (C=O) groups is 1. The van der Waals surface area contributed by atoms with Gasteiger partial charge in [-0.2, -0.15) is 0 Å². The minimum atomic E-state index is -0.182. The molecule has 0 aliphatic carbocycles. The van der Waals surface area contributed by atoms with Gasteiger partial charge in [-0.1, -0.05) is 12.1 Å². The van der Waals surface area contributed by atoms with Crippen LogP contribution >= 0.6 is 0 Å². The highest BCUT2D eigenvalue weighted by molar-refractivity contribution is 5.92. The average Bonchev–Trinajstić information content (AvgIpc) is 3.22. The van der Waals surface area contributed by atoms with Crippen LogP contribution in [-0.2, 0) is 6.42 Å². The third kappa shape index (κ3) is 4.29. The molecule has 7 heteroatoms. The molecule has 29 heavy (non-hydrogen) atoms. The zero-order chi connectivity index (χ0) is 20.2. The number of rotatable bonds is 5. The Kier molecular flexibility index (Phi) is 5.55. The first kappa shape index (κ1) is 19.1. The Hall–Kier alpha value is -3.22. The smallest absolute Gasteiger partial charge is 0.274 e. The Morgan fingerprint density at radius 2 is 2.10 bits per heavy atom. The molecule has 0 spiro atoms. The molecule has 0 saturated carbocycles. The van der Waals surface area contributed by atoms with Crippen LogP contribution in [0.1, 0.15) is 58.7 Å². The lowest BCUT2D eigenvalue weighted by atomic mass is 10.0. The first-order valence-electron chi connectivity index (χ1n) is 9.81. The number of carbonyl (C=O) groups excluding carboxylic acids is 1. The summed E-state index contributed by atoms with van der Waals surface area (Å²) in [5.74, 6) is 2.03. The summed E-state index contributed by atoms with van der Waals surface area (Å²) < 4.78 is 11.3. The van der Waals surface area contributed by atoms with Crippen molar-refractivity contribution in [2.45, 2.75) is 38.6 Å². The maximum absolute atomic E-state index is 13.0. The Bertz CT molecular complexity index is 984. The van der Waals surface area contributed by atoms with Gasteiger partial charge in [-0.05, 0) is 43.9 Å². The highest BCUT2D eigenvalue weighted by atomic mass is 16.5. The minimum absolute atomic E-state index is 0.130. The van der Waals surface area contributed by atoms with Crippen LogP contribution in [0.4, 0.5) is 0 Å². The van der Waals surface area contributed by atoms with Gasteiger partial charge < -0.3 is 14.1 Å². The number of hydrogen-bond acceptors (Lipinski definition) is 6. The lowest BCUT2D eigenvalue weighted by Crippen LogP contribution is -2.39. The zero-order valence-corrected chi connectivity index (χ0v) is 16.7. The molecular weight excluding hydrogens is 368 g/mol. The van der Waals surface area contributed by atoms with Gasteiger partial charge in [-0.25, -0.2) is 9.97 Å². The number of amides is 1. The molecule has 0 bridgehead atoms. The lowest BCUT2D eigenvalue weighted by Gasteiger charge is -2.33. The molecule has 3 heterocycles. The Morgan fingerprint density at radius 3 is 2.90 bits per heavy atom. The normalized spacial score (nSPS) is 16.6. The molecule has 150 valence electrons. The molecule has 3 aromatic rings.